The van der Waals surface area contributed by atoms with Crippen LogP contribution in [0, 0.1) is 5.82 Å². The predicted molar refractivity (Wildman–Crippen MR) is 83.5 cm³/mol. The molecule has 1 aliphatic rings. The van der Waals surface area contributed by atoms with Gasteiger partial charge < -0.3 is 20.5 Å². The zero-order valence-electron chi connectivity index (χ0n) is 12.6. The van der Waals surface area contributed by atoms with Crippen molar-refractivity contribution in [2.24, 2.45) is 5.73 Å². The summed E-state index contributed by atoms with van der Waals surface area (Å²) in [4.78, 5) is 11.7. The minimum absolute atomic E-state index is 0. The van der Waals surface area contributed by atoms with Gasteiger partial charge in [-0.25, -0.2) is 4.39 Å². The third kappa shape index (κ3) is 4.83. The minimum atomic E-state index is -0.485. The Morgan fingerprint density at radius 3 is 3.00 bits per heavy atom. The topological polar surface area (TPSA) is 73.6 Å². The van der Waals surface area contributed by atoms with E-state index in [2.05, 4.69) is 5.32 Å². The monoisotopic (exact) mass is 332 g/mol. The molecule has 0 fully saturated rings. The Labute approximate surface area is 135 Å². The second-order valence-electron chi connectivity index (χ2n) is 5.10. The first-order chi connectivity index (χ1) is 10.1. The summed E-state index contributed by atoms with van der Waals surface area (Å²) in [6.45, 7) is 2.88. The molecule has 1 heterocycles. The van der Waals surface area contributed by atoms with Crippen LogP contribution < -0.4 is 15.8 Å². The first-order valence-electron chi connectivity index (χ1n) is 7.17. The zero-order valence-corrected chi connectivity index (χ0v) is 13.4. The number of carbonyl (C=O) groups is 1. The Hall–Kier alpha value is -1.37. The third-order valence-corrected chi connectivity index (χ3v) is 3.38. The van der Waals surface area contributed by atoms with Gasteiger partial charge in [-0.3, -0.25) is 4.79 Å². The largest absolute Gasteiger partial charge is 0.467 e. The number of carbonyl (C=O) groups excluding carboxylic acids is 1. The number of ether oxygens (including phenoxy) is 2. The Bertz CT molecular complexity index is 514. The SMILES string of the molecule is CCCC(N)C(=O)NCCc1cc(F)cc2c1OCOC2.Cl. The van der Waals surface area contributed by atoms with Crippen LogP contribution in [0.15, 0.2) is 12.1 Å². The van der Waals surface area contributed by atoms with E-state index in [1.807, 2.05) is 6.92 Å². The molecular formula is C15H22ClFN2O3. The normalized spacial score (nSPS) is 14.3. The summed E-state index contributed by atoms with van der Waals surface area (Å²) in [6.07, 6.45) is 2.01. The number of amides is 1. The van der Waals surface area contributed by atoms with Crippen LogP contribution in [0.1, 0.15) is 30.9 Å². The Balaban J connectivity index is 0.00000242. The van der Waals surface area contributed by atoms with E-state index >= 15 is 0 Å². The molecule has 0 saturated heterocycles. The van der Waals surface area contributed by atoms with E-state index in [4.69, 9.17) is 15.2 Å². The van der Waals surface area contributed by atoms with Crippen LogP contribution in [0.25, 0.3) is 0 Å². The van der Waals surface area contributed by atoms with Gasteiger partial charge in [-0.05, 0) is 30.5 Å². The third-order valence-electron chi connectivity index (χ3n) is 3.38. The van der Waals surface area contributed by atoms with Gasteiger partial charge in [0, 0.05) is 12.1 Å². The lowest BCUT2D eigenvalue weighted by atomic mass is 10.1. The van der Waals surface area contributed by atoms with Crippen molar-refractivity contribution in [3.05, 3.63) is 29.1 Å². The summed E-state index contributed by atoms with van der Waals surface area (Å²) in [5.74, 6) is 0.160. The average Bonchev–Trinajstić information content (AvgIpc) is 2.47. The molecule has 3 N–H and O–H groups in total. The highest BCUT2D eigenvalue weighted by Crippen LogP contribution is 2.29. The van der Waals surface area contributed by atoms with Gasteiger partial charge in [0.15, 0.2) is 6.79 Å². The summed E-state index contributed by atoms with van der Waals surface area (Å²) >= 11 is 0. The number of fused-ring (bicyclic) bond motifs is 1. The Kier molecular flexibility index (Phi) is 7.58. The number of nitrogens with two attached hydrogens (primary N) is 1. The summed E-state index contributed by atoms with van der Waals surface area (Å²) in [6, 6.07) is 2.36. The molecule has 7 heteroatoms. The lowest BCUT2D eigenvalue weighted by molar-refractivity contribution is -0.122. The fourth-order valence-electron chi connectivity index (χ4n) is 2.34. The molecule has 22 heavy (non-hydrogen) atoms. The smallest absolute Gasteiger partial charge is 0.236 e. The molecule has 5 nitrogen and oxygen atoms in total. The molecule has 124 valence electrons. The molecule has 1 amide bonds. The molecule has 2 rings (SSSR count). The van der Waals surface area contributed by atoms with E-state index < -0.39 is 6.04 Å². The van der Waals surface area contributed by atoms with Crippen LogP contribution >= 0.6 is 12.4 Å². The van der Waals surface area contributed by atoms with Crippen LogP contribution in [0.3, 0.4) is 0 Å². The van der Waals surface area contributed by atoms with Crippen molar-refractivity contribution in [2.75, 3.05) is 13.3 Å². The molecule has 0 spiro atoms. The molecule has 0 aliphatic carbocycles. The van der Waals surface area contributed by atoms with E-state index in [-0.39, 0.29) is 30.9 Å². The summed E-state index contributed by atoms with van der Waals surface area (Å²) in [7, 11) is 0. The molecule has 0 bridgehead atoms. The number of rotatable bonds is 6. The second kappa shape index (κ2) is 8.92. The molecule has 0 radical (unpaired) electrons. The van der Waals surface area contributed by atoms with E-state index in [1.165, 1.54) is 12.1 Å². The average molecular weight is 333 g/mol. The van der Waals surface area contributed by atoms with E-state index in [0.29, 0.717) is 37.3 Å². The van der Waals surface area contributed by atoms with E-state index in [0.717, 1.165) is 12.0 Å². The first-order valence-corrected chi connectivity index (χ1v) is 7.17. The van der Waals surface area contributed by atoms with Crippen LogP contribution in [0.4, 0.5) is 4.39 Å². The van der Waals surface area contributed by atoms with Gasteiger partial charge in [-0.1, -0.05) is 13.3 Å². The van der Waals surface area contributed by atoms with Crippen LogP contribution in [-0.2, 0) is 22.6 Å². The lowest BCUT2D eigenvalue weighted by Gasteiger charge is -2.21. The maximum Gasteiger partial charge on any atom is 0.236 e. The molecular weight excluding hydrogens is 311 g/mol. The van der Waals surface area contributed by atoms with Crippen molar-refractivity contribution in [2.45, 2.75) is 38.8 Å². The molecule has 1 unspecified atom stereocenters. The fraction of sp³-hybridized carbons (Fsp3) is 0.533. The van der Waals surface area contributed by atoms with Gasteiger partial charge in [0.2, 0.25) is 5.91 Å². The summed E-state index contributed by atoms with van der Waals surface area (Å²) in [5.41, 5.74) is 7.16. The zero-order chi connectivity index (χ0) is 15.2. The molecule has 1 aliphatic heterocycles. The Morgan fingerprint density at radius 2 is 2.27 bits per heavy atom. The number of nitrogens with one attached hydrogen (secondary N) is 1. The predicted octanol–water partition coefficient (Wildman–Crippen LogP) is 1.90. The molecule has 1 aromatic carbocycles. The minimum Gasteiger partial charge on any atom is -0.467 e. The summed E-state index contributed by atoms with van der Waals surface area (Å²) < 4.78 is 24.1. The lowest BCUT2D eigenvalue weighted by Crippen LogP contribution is -2.41. The van der Waals surface area contributed by atoms with Gasteiger partial charge in [-0.15, -0.1) is 12.4 Å². The van der Waals surface area contributed by atoms with Gasteiger partial charge in [0.25, 0.3) is 0 Å². The number of benzene rings is 1. The molecule has 0 aromatic heterocycles. The quantitative estimate of drug-likeness (QED) is 0.834. The van der Waals surface area contributed by atoms with Gasteiger partial charge in [-0.2, -0.15) is 0 Å². The van der Waals surface area contributed by atoms with E-state index in [9.17, 15) is 9.18 Å². The standard InChI is InChI=1S/C15H21FN2O3.ClH/c1-2-3-13(17)15(19)18-5-4-10-6-12(16)7-11-8-20-9-21-14(10)11;/h6-7,13H,2-5,8-9,17H2,1H3,(H,18,19);1H. The van der Waals surface area contributed by atoms with Crippen molar-refractivity contribution in [1.29, 1.82) is 0 Å². The highest BCUT2D eigenvalue weighted by atomic mass is 35.5. The van der Waals surface area contributed by atoms with Crippen molar-refractivity contribution in [3.8, 4) is 5.75 Å². The number of halogens is 2. The molecule has 1 atom stereocenters. The van der Waals surface area contributed by atoms with Crippen LogP contribution in [0.5, 0.6) is 5.75 Å². The highest BCUT2D eigenvalue weighted by Gasteiger charge is 2.17. The molecule has 1 aromatic rings. The number of hydrogen-bond donors (Lipinski definition) is 2. The second-order valence-corrected chi connectivity index (χ2v) is 5.10. The van der Waals surface area contributed by atoms with Crippen molar-refractivity contribution >= 4 is 18.3 Å². The highest BCUT2D eigenvalue weighted by molar-refractivity contribution is 5.85. The maximum atomic E-state index is 13.6. The summed E-state index contributed by atoms with van der Waals surface area (Å²) in [5, 5.41) is 2.77. The first kappa shape index (κ1) is 18.7. The fourth-order valence-corrected chi connectivity index (χ4v) is 2.34. The molecule has 0 saturated carbocycles. The van der Waals surface area contributed by atoms with Crippen LogP contribution in [0.2, 0.25) is 0 Å². The van der Waals surface area contributed by atoms with Gasteiger partial charge in [0.1, 0.15) is 11.6 Å². The van der Waals surface area contributed by atoms with Crippen LogP contribution in [-0.4, -0.2) is 25.3 Å². The van der Waals surface area contributed by atoms with Gasteiger partial charge in [0.05, 0.1) is 12.6 Å². The van der Waals surface area contributed by atoms with Crippen molar-refractivity contribution < 1.29 is 18.7 Å². The van der Waals surface area contributed by atoms with Gasteiger partial charge >= 0.3 is 0 Å². The van der Waals surface area contributed by atoms with E-state index in [1.54, 1.807) is 0 Å². The van der Waals surface area contributed by atoms with Crippen molar-refractivity contribution in [1.82, 2.24) is 5.32 Å². The number of hydrogen-bond acceptors (Lipinski definition) is 4. The maximum absolute atomic E-state index is 13.6. The Morgan fingerprint density at radius 1 is 1.50 bits per heavy atom. The van der Waals surface area contributed by atoms with Crippen molar-refractivity contribution in [3.63, 3.8) is 0 Å².